The van der Waals surface area contributed by atoms with E-state index in [0.717, 1.165) is 4.57 Å². The molecule has 0 saturated carbocycles. The summed E-state index contributed by atoms with van der Waals surface area (Å²) in [4.78, 5) is 40.8. The number of halogens is 4. The number of nitrogens with one attached hydrogen (secondary N) is 2. The number of nitrogens with zero attached hydrogens (tertiary/aromatic N) is 3. The van der Waals surface area contributed by atoms with E-state index >= 15 is 0 Å². The maximum absolute atomic E-state index is 12.6. The van der Waals surface area contributed by atoms with Crippen LogP contribution >= 0.6 is 11.6 Å². The number of carbonyl (C=O) groups is 1. The molecule has 2 heterocycles. The molecule has 27 heavy (non-hydrogen) atoms. The van der Waals surface area contributed by atoms with Gasteiger partial charge in [-0.1, -0.05) is 11.6 Å². The Kier molecular flexibility index (Phi) is 5.70. The molecule has 0 saturated heterocycles. The largest absolute Gasteiger partial charge is 0.417 e. The fourth-order valence-electron chi connectivity index (χ4n) is 2.13. The Balaban J connectivity index is 2.14. The van der Waals surface area contributed by atoms with Gasteiger partial charge in [0.25, 0.3) is 5.56 Å². The SMILES string of the molecule is Cc1c(C#N)c(=O)[nH]c(=O)n1CC(=O)NCc1ncc(C(F)(F)F)cc1Cl. The maximum Gasteiger partial charge on any atom is 0.417 e. The number of hydrogen-bond acceptors (Lipinski definition) is 5. The van der Waals surface area contributed by atoms with Crippen molar-refractivity contribution < 1.29 is 18.0 Å². The Morgan fingerprint density at radius 3 is 2.67 bits per heavy atom. The van der Waals surface area contributed by atoms with Crippen molar-refractivity contribution >= 4 is 17.5 Å². The number of carbonyl (C=O) groups excluding carboxylic acids is 1. The molecule has 12 heteroatoms. The predicted octanol–water partition coefficient (Wildman–Crippen LogP) is 1.10. The van der Waals surface area contributed by atoms with Crippen molar-refractivity contribution in [3.63, 3.8) is 0 Å². The monoisotopic (exact) mass is 401 g/mol. The fourth-order valence-corrected chi connectivity index (χ4v) is 2.37. The number of amides is 1. The van der Waals surface area contributed by atoms with Crippen molar-refractivity contribution in [2.45, 2.75) is 26.2 Å². The number of alkyl halides is 3. The lowest BCUT2D eigenvalue weighted by Crippen LogP contribution is -2.38. The second-order valence-electron chi connectivity index (χ2n) is 5.34. The van der Waals surface area contributed by atoms with Gasteiger partial charge in [0, 0.05) is 11.9 Å². The van der Waals surface area contributed by atoms with Crippen LogP contribution in [-0.2, 0) is 24.1 Å². The first-order valence-corrected chi connectivity index (χ1v) is 7.64. The second-order valence-corrected chi connectivity index (χ2v) is 5.75. The highest BCUT2D eigenvalue weighted by atomic mass is 35.5. The molecule has 2 aromatic heterocycles. The van der Waals surface area contributed by atoms with Crippen LogP contribution in [0.15, 0.2) is 21.9 Å². The molecule has 0 aliphatic rings. The molecule has 0 aliphatic heterocycles. The van der Waals surface area contributed by atoms with Crippen molar-refractivity contribution in [3.8, 4) is 6.07 Å². The van der Waals surface area contributed by atoms with Crippen LogP contribution in [0.1, 0.15) is 22.5 Å². The third-order valence-electron chi connectivity index (χ3n) is 3.57. The Bertz CT molecular complexity index is 1050. The van der Waals surface area contributed by atoms with Crippen LogP contribution in [0.4, 0.5) is 13.2 Å². The quantitative estimate of drug-likeness (QED) is 0.794. The molecule has 0 spiro atoms. The minimum absolute atomic E-state index is 0.00117. The lowest BCUT2D eigenvalue weighted by molar-refractivity contribution is -0.137. The number of pyridine rings is 1. The molecule has 2 aromatic rings. The molecule has 0 fully saturated rings. The zero-order valence-corrected chi connectivity index (χ0v) is 14.4. The van der Waals surface area contributed by atoms with Crippen molar-refractivity contribution in [3.05, 3.63) is 60.6 Å². The van der Waals surface area contributed by atoms with Gasteiger partial charge >= 0.3 is 11.9 Å². The van der Waals surface area contributed by atoms with Crippen LogP contribution in [0.25, 0.3) is 0 Å². The van der Waals surface area contributed by atoms with Crippen LogP contribution in [0.3, 0.4) is 0 Å². The Hall–Kier alpha value is -3.13. The van der Waals surface area contributed by atoms with Crippen LogP contribution in [0, 0.1) is 18.3 Å². The molecule has 0 atom stereocenters. The van der Waals surface area contributed by atoms with Gasteiger partial charge in [0.2, 0.25) is 5.91 Å². The van der Waals surface area contributed by atoms with E-state index in [1.807, 2.05) is 4.98 Å². The number of rotatable bonds is 4. The summed E-state index contributed by atoms with van der Waals surface area (Å²) in [5, 5.41) is 11.0. The predicted molar refractivity (Wildman–Crippen MR) is 86.9 cm³/mol. The Morgan fingerprint density at radius 2 is 2.11 bits per heavy atom. The van der Waals surface area contributed by atoms with Crippen molar-refractivity contribution in [2.75, 3.05) is 0 Å². The van der Waals surface area contributed by atoms with Gasteiger partial charge in [-0.25, -0.2) is 4.79 Å². The van der Waals surface area contributed by atoms with E-state index in [1.54, 1.807) is 6.07 Å². The molecule has 0 aromatic carbocycles. The van der Waals surface area contributed by atoms with Gasteiger partial charge < -0.3 is 5.32 Å². The van der Waals surface area contributed by atoms with Crippen LogP contribution in [0.5, 0.6) is 0 Å². The van der Waals surface area contributed by atoms with Gasteiger partial charge in [-0.3, -0.25) is 24.1 Å². The van der Waals surface area contributed by atoms with Gasteiger partial charge in [0.05, 0.1) is 22.8 Å². The Labute approximate surface area is 154 Å². The molecule has 142 valence electrons. The molecule has 2 N–H and O–H groups in total. The van der Waals surface area contributed by atoms with Crippen LogP contribution in [0.2, 0.25) is 5.02 Å². The number of nitriles is 1. The van der Waals surface area contributed by atoms with E-state index in [0.29, 0.717) is 12.3 Å². The van der Waals surface area contributed by atoms with E-state index in [-0.39, 0.29) is 28.5 Å². The van der Waals surface area contributed by atoms with Gasteiger partial charge in [0.1, 0.15) is 18.2 Å². The lowest BCUT2D eigenvalue weighted by Gasteiger charge is -2.12. The van der Waals surface area contributed by atoms with Gasteiger partial charge in [-0.05, 0) is 13.0 Å². The minimum atomic E-state index is -4.60. The van der Waals surface area contributed by atoms with Gasteiger partial charge in [0.15, 0.2) is 0 Å². The molecular weight excluding hydrogens is 391 g/mol. The Morgan fingerprint density at radius 1 is 1.44 bits per heavy atom. The fraction of sp³-hybridized carbons (Fsp3) is 0.267. The lowest BCUT2D eigenvalue weighted by atomic mass is 10.2. The summed E-state index contributed by atoms with van der Waals surface area (Å²) in [5.41, 5.74) is -3.07. The summed E-state index contributed by atoms with van der Waals surface area (Å²) in [6.45, 7) is 0.531. The summed E-state index contributed by atoms with van der Waals surface area (Å²) >= 11 is 5.74. The average molecular weight is 402 g/mol. The van der Waals surface area contributed by atoms with E-state index in [9.17, 15) is 27.6 Å². The zero-order chi connectivity index (χ0) is 20.4. The number of aromatic amines is 1. The average Bonchev–Trinajstić information content (AvgIpc) is 2.57. The van der Waals surface area contributed by atoms with Crippen molar-refractivity contribution in [1.29, 1.82) is 5.26 Å². The van der Waals surface area contributed by atoms with Crippen molar-refractivity contribution in [2.24, 2.45) is 0 Å². The van der Waals surface area contributed by atoms with E-state index in [1.165, 1.54) is 6.92 Å². The summed E-state index contributed by atoms with van der Waals surface area (Å²) in [7, 11) is 0. The highest BCUT2D eigenvalue weighted by Crippen LogP contribution is 2.30. The smallest absolute Gasteiger partial charge is 0.349 e. The zero-order valence-electron chi connectivity index (χ0n) is 13.6. The molecular formula is C15H11ClF3N5O3. The number of aromatic nitrogens is 3. The first-order valence-electron chi connectivity index (χ1n) is 7.26. The summed E-state index contributed by atoms with van der Waals surface area (Å²) in [5.74, 6) is -0.700. The third kappa shape index (κ3) is 4.53. The number of hydrogen-bond donors (Lipinski definition) is 2. The standard InChI is InChI=1S/C15H11ClF3N5O3/c1-7-9(3-20)13(26)23-14(27)24(7)6-12(25)22-5-11-10(16)2-8(4-21-11)15(17,18)19/h2,4H,5-6H2,1H3,(H,22,25)(H,23,26,27). The van der Waals surface area contributed by atoms with Gasteiger partial charge in [-0.15, -0.1) is 0 Å². The second kappa shape index (κ2) is 7.63. The normalized spacial score (nSPS) is 11.1. The van der Waals surface area contributed by atoms with Crippen LogP contribution < -0.4 is 16.6 Å². The molecule has 8 nitrogen and oxygen atoms in total. The molecule has 2 rings (SSSR count). The summed E-state index contributed by atoms with van der Waals surface area (Å²) < 4.78 is 38.6. The van der Waals surface area contributed by atoms with E-state index in [2.05, 4.69) is 10.3 Å². The number of H-pyrrole nitrogens is 1. The first-order chi connectivity index (χ1) is 12.5. The molecule has 0 unspecified atom stereocenters. The van der Waals surface area contributed by atoms with Gasteiger partial charge in [-0.2, -0.15) is 18.4 Å². The van der Waals surface area contributed by atoms with E-state index in [4.69, 9.17) is 16.9 Å². The van der Waals surface area contributed by atoms with Crippen molar-refractivity contribution in [1.82, 2.24) is 19.9 Å². The molecule has 0 bridgehead atoms. The first kappa shape index (κ1) is 20.2. The summed E-state index contributed by atoms with van der Waals surface area (Å²) in [6.07, 6.45) is -4.01. The maximum atomic E-state index is 12.6. The molecule has 0 radical (unpaired) electrons. The molecule has 0 aliphatic carbocycles. The highest BCUT2D eigenvalue weighted by molar-refractivity contribution is 6.31. The highest BCUT2D eigenvalue weighted by Gasteiger charge is 2.31. The summed E-state index contributed by atoms with van der Waals surface area (Å²) in [6, 6.07) is 2.32. The van der Waals surface area contributed by atoms with Crippen LogP contribution in [-0.4, -0.2) is 20.4 Å². The molecule has 1 amide bonds. The van der Waals surface area contributed by atoms with E-state index < -0.39 is 35.4 Å². The third-order valence-corrected chi connectivity index (χ3v) is 3.90. The topological polar surface area (TPSA) is 121 Å². The minimum Gasteiger partial charge on any atom is -0.349 e.